The summed E-state index contributed by atoms with van der Waals surface area (Å²) in [6.07, 6.45) is 0.657. The third kappa shape index (κ3) is 1.25. The Bertz CT molecular complexity index is 205. The van der Waals surface area contributed by atoms with Crippen molar-refractivity contribution in [1.82, 2.24) is 8.01 Å². The van der Waals surface area contributed by atoms with Crippen LogP contribution in [-0.2, 0) is 4.79 Å². The standard InChI is InChI=1S/C8H13IN2O/c1-2-7(12)10-3-8(4-10)5-11(9)6-8/h2-6H2,1H3. The zero-order valence-electron chi connectivity index (χ0n) is 7.22. The molecule has 2 aliphatic heterocycles. The van der Waals surface area contributed by atoms with Crippen LogP contribution in [0.5, 0.6) is 0 Å². The van der Waals surface area contributed by atoms with Crippen molar-refractivity contribution >= 4 is 28.8 Å². The lowest BCUT2D eigenvalue weighted by Crippen LogP contribution is -2.70. The molecule has 1 amide bonds. The van der Waals surface area contributed by atoms with E-state index in [2.05, 4.69) is 26.0 Å². The van der Waals surface area contributed by atoms with Crippen LogP contribution in [0.4, 0.5) is 0 Å². The fraction of sp³-hybridized carbons (Fsp3) is 0.875. The van der Waals surface area contributed by atoms with Gasteiger partial charge in [0, 0.05) is 60.9 Å². The van der Waals surface area contributed by atoms with Crippen LogP contribution >= 0.6 is 22.9 Å². The highest BCUT2D eigenvalue weighted by molar-refractivity contribution is 14.1. The lowest BCUT2D eigenvalue weighted by Gasteiger charge is -2.58. The highest BCUT2D eigenvalue weighted by Crippen LogP contribution is 2.41. The van der Waals surface area contributed by atoms with Gasteiger partial charge in [0.2, 0.25) is 5.91 Å². The fourth-order valence-electron chi connectivity index (χ4n) is 2.04. The molecule has 0 aliphatic carbocycles. The number of likely N-dealkylation sites (tertiary alicyclic amines) is 1. The zero-order chi connectivity index (χ0) is 8.77. The molecule has 0 unspecified atom stereocenters. The third-order valence-corrected chi connectivity index (χ3v) is 3.40. The van der Waals surface area contributed by atoms with Gasteiger partial charge in [-0.3, -0.25) is 4.79 Å². The molecule has 2 rings (SSSR count). The lowest BCUT2D eigenvalue weighted by atomic mass is 9.74. The molecule has 1 spiro atoms. The molecule has 12 heavy (non-hydrogen) atoms. The summed E-state index contributed by atoms with van der Waals surface area (Å²) in [4.78, 5) is 13.2. The first-order valence-electron chi connectivity index (χ1n) is 4.34. The zero-order valence-corrected chi connectivity index (χ0v) is 9.37. The minimum absolute atomic E-state index is 0.313. The van der Waals surface area contributed by atoms with E-state index >= 15 is 0 Å². The molecule has 0 radical (unpaired) electrons. The van der Waals surface area contributed by atoms with Crippen LogP contribution in [0.1, 0.15) is 13.3 Å². The Morgan fingerprint density at radius 2 is 2.00 bits per heavy atom. The summed E-state index contributed by atoms with van der Waals surface area (Å²) in [5, 5.41) is 0. The van der Waals surface area contributed by atoms with Crippen molar-refractivity contribution in [3.8, 4) is 0 Å². The Hall–Kier alpha value is 0.160. The van der Waals surface area contributed by atoms with Crippen LogP contribution in [0.25, 0.3) is 0 Å². The normalized spacial score (nSPS) is 26.7. The predicted molar refractivity (Wildman–Crippen MR) is 54.9 cm³/mol. The molecule has 0 saturated carbocycles. The van der Waals surface area contributed by atoms with E-state index in [0.717, 1.165) is 13.1 Å². The molecular formula is C8H13IN2O. The van der Waals surface area contributed by atoms with E-state index in [0.29, 0.717) is 17.7 Å². The minimum atomic E-state index is 0.313. The van der Waals surface area contributed by atoms with E-state index in [1.165, 1.54) is 13.1 Å². The number of carbonyl (C=O) groups is 1. The van der Waals surface area contributed by atoms with Gasteiger partial charge in [-0.05, 0) is 0 Å². The Kier molecular flexibility index (Phi) is 2.07. The number of nitrogens with zero attached hydrogens (tertiary/aromatic N) is 2. The topological polar surface area (TPSA) is 23.6 Å². The second kappa shape index (κ2) is 2.83. The Balaban J connectivity index is 1.81. The molecule has 0 N–H and O–H groups in total. The molecule has 0 aromatic carbocycles. The van der Waals surface area contributed by atoms with Crippen LogP contribution in [0.15, 0.2) is 0 Å². The number of hydrogen-bond donors (Lipinski definition) is 0. The summed E-state index contributed by atoms with van der Waals surface area (Å²) >= 11 is 2.34. The monoisotopic (exact) mass is 280 g/mol. The van der Waals surface area contributed by atoms with Crippen LogP contribution in [0.3, 0.4) is 0 Å². The Morgan fingerprint density at radius 3 is 2.42 bits per heavy atom. The summed E-state index contributed by atoms with van der Waals surface area (Å²) in [6.45, 7) is 6.26. The molecule has 0 aromatic heterocycles. The molecule has 2 aliphatic rings. The summed E-state index contributed by atoms with van der Waals surface area (Å²) in [7, 11) is 0. The van der Waals surface area contributed by atoms with Gasteiger partial charge in [0.15, 0.2) is 0 Å². The van der Waals surface area contributed by atoms with Crippen LogP contribution in [0.2, 0.25) is 0 Å². The van der Waals surface area contributed by atoms with Crippen molar-refractivity contribution in [3.05, 3.63) is 0 Å². The minimum Gasteiger partial charge on any atom is -0.341 e. The van der Waals surface area contributed by atoms with Gasteiger partial charge in [0.1, 0.15) is 0 Å². The number of carbonyl (C=O) groups excluding carboxylic acids is 1. The summed E-state index contributed by atoms with van der Waals surface area (Å²) in [6, 6.07) is 0. The maximum atomic E-state index is 11.2. The van der Waals surface area contributed by atoms with Crippen LogP contribution < -0.4 is 0 Å². The SMILES string of the molecule is CCC(=O)N1CC2(CN(I)C2)C1. The first kappa shape index (κ1) is 8.74. The van der Waals surface area contributed by atoms with Crippen LogP contribution in [-0.4, -0.2) is 40.1 Å². The lowest BCUT2D eigenvalue weighted by molar-refractivity contribution is -0.150. The summed E-state index contributed by atoms with van der Waals surface area (Å²) in [5.41, 5.74) is 0.492. The van der Waals surface area contributed by atoms with Gasteiger partial charge < -0.3 is 4.90 Å². The highest BCUT2D eigenvalue weighted by Gasteiger charge is 2.52. The first-order valence-corrected chi connectivity index (χ1v) is 5.30. The van der Waals surface area contributed by atoms with E-state index in [9.17, 15) is 4.79 Å². The molecule has 0 aromatic rings. The quantitative estimate of drug-likeness (QED) is 0.526. The van der Waals surface area contributed by atoms with Gasteiger partial charge in [-0.1, -0.05) is 6.92 Å². The van der Waals surface area contributed by atoms with Crippen molar-refractivity contribution in [1.29, 1.82) is 0 Å². The smallest absolute Gasteiger partial charge is 0.222 e. The van der Waals surface area contributed by atoms with E-state index in [1.54, 1.807) is 0 Å². The predicted octanol–water partition coefficient (Wildman–Crippen LogP) is 0.891. The maximum absolute atomic E-state index is 11.2. The van der Waals surface area contributed by atoms with E-state index < -0.39 is 0 Å². The van der Waals surface area contributed by atoms with Crippen molar-refractivity contribution in [3.63, 3.8) is 0 Å². The molecule has 0 bridgehead atoms. The van der Waals surface area contributed by atoms with Crippen molar-refractivity contribution in [2.75, 3.05) is 26.2 Å². The molecule has 2 fully saturated rings. The highest BCUT2D eigenvalue weighted by atomic mass is 127. The third-order valence-electron chi connectivity index (χ3n) is 2.72. The van der Waals surface area contributed by atoms with Gasteiger partial charge in [-0.2, -0.15) is 0 Å². The van der Waals surface area contributed by atoms with Crippen LogP contribution in [0, 0.1) is 5.41 Å². The largest absolute Gasteiger partial charge is 0.341 e. The molecule has 2 saturated heterocycles. The van der Waals surface area contributed by atoms with Gasteiger partial charge in [0.05, 0.1) is 0 Å². The molecular weight excluding hydrogens is 267 g/mol. The number of amides is 1. The molecule has 0 atom stereocenters. The number of halogens is 1. The maximum Gasteiger partial charge on any atom is 0.222 e. The van der Waals surface area contributed by atoms with Crippen molar-refractivity contribution < 1.29 is 4.79 Å². The molecule has 4 heteroatoms. The van der Waals surface area contributed by atoms with Crippen molar-refractivity contribution in [2.45, 2.75) is 13.3 Å². The van der Waals surface area contributed by atoms with Gasteiger partial charge in [0.25, 0.3) is 0 Å². The average Bonchev–Trinajstić information content (AvgIpc) is 1.92. The van der Waals surface area contributed by atoms with Gasteiger partial charge in [-0.25, -0.2) is 3.11 Å². The van der Waals surface area contributed by atoms with Gasteiger partial charge in [-0.15, -0.1) is 0 Å². The number of hydrogen-bond acceptors (Lipinski definition) is 2. The Morgan fingerprint density at radius 1 is 1.42 bits per heavy atom. The second-order valence-electron chi connectivity index (χ2n) is 3.88. The van der Waals surface area contributed by atoms with E-state index in [-0.39, 0.29) is 0 Å². The molecule has 2 heterocycles. The van der Waals surface area contributed by atoms with E-state index in [1.807, 2.05) is 11.8 Å². The molecule has 3 nitrogen and oxygen atoms in total. The molecule has 68 valence electrons. The first-order chi connectivity index (χ1) is 5.65. The number of rotatable bonds is 1. The second-order valence-corrected chi connectivity index (χ2v) is 5.25. The fourth-order valence-corrected chi connectivity index (χ4v) is 3.49. The van der Waals surface area contributed by atoms with Gasteiger partial charge >= 0.3 is 0 Å². The summed E-state index contributed by atoms with van der Waals surface area (Å²) < 4.78 is 2.28. The summed E-state index contributed by atoms with van der Waals surface area (Å²) in [5.74, 6) is 0.313. The van der Waals surface area contributed by atoms with Crippen molar-refractivity contribution in [2.24, 2.45) is 5.41 Å². The Labute approximate surface area is 86.6 Å². The average molecular weight is 280 g/mol. The van der Waals surface area contributed by atoms with E-state index in [4.69, 9.17) is 0 Å².